The fourth-order valence-corrected chi connectivity index (χ4v) is 4.04. The van der Waals surface area contributed by atoms with E-state index in [1.54, 1.807) is 26.0 Å². The number of hydrogen-bond acceptors (Lipinski definition) is 8. The summed E-state index contributed by atoms with van der Waals surface area (Å²) in [6.07, 6.45) is 0. The van der Waals surface area contributed by atoms with Gasteiger partial charge in [-0.2, -0.15) is 0 Å². The molecule has 0 saturated heterocycles. The molecule has 0 aliphatic rings. The number of nitrogens with zero attached hydrogens (tertiary/aromatic N) is 3. The van der Waals surface area contributed by atoms with Crippen LogP contribution < -0.4 is 10.6 Å². The summed E-state index contributed by atoms with van der Waals surface area (Å²) in [5.74, 6) is -1.66. The molecule has 0 amide bonds. The molecule has 0 saturated carbocycles. The quantitative estimate of drug-likeness (QED) is 0.133. The van der Waals surface area contributed by atoms with Crippen LogP contribution in [0.1, 0.15) is 19.6 Å². The maximum absolute atomic E-state index is 13.4. The summed E-state index contributed by atoms with van der Waals surface area (Å²) in [4.78, 5) is 15.8. The summed E-state index contributed by atoms with van der Waals surface area (Å²) in [7, 11) is 0. The molecule has 4 aromatic rings. The highest BCUT2D eigenvalue weighted by Gasteiger charge is 2.25. The summed E-state index contributed by atoms with van der Waals surface area (Å²) >= 11 is 1.35. The molecule has 1 atom stereocenters. The molecule has 2 aromatic carbocycles. The van der Waals surface area contributed by atoms with Crippen molar-refractivity contribution in [3.8, 4) is 11.3 Å². The van der Waals surface area contributed by atoms with Crippen LogP contribution in [0.4, 0.5) is 15.2 Å². The van der Waals surface area contributed by atoms with E-state index in [-0.39, 0.29) is 23.3 Å². The van der Waals surface area contributed by atoms with Crippen LogP contribution >= 0.6 is 11.3 Å². The third-order valence-electron chi connectivity index (χ3n) is 4.85. The zero-order chi connectivity index (χ0) is 23.5. The van der Waals surface area contributed by atoms with Crippen molar-refractivity contribution in [3.63, 3.8) is 0 Å². The van der Waals surface area contributed by atoms with E-state index in [9.17, 15) is 19.5 Å². The van der Waals surface area contributed by atoms with Gasteiger partial charge in [-0.25, -0.2) is 14.2 Å². The van der Waals surface area contributed by atoms with E-state index in [4.69, 9.17) is 4.52 Å². The molecule has 170 valence electrons. The Kier molecular flexibility index (Phi) is 6.22. The number of benzene rings is 2. The molecule has 2 heterocycles. The third-order valence-corrected chi connectivity index (χ3v) is 5.78. The summed E-state index contributed by atoms with van der Waals surface area (Å²) < 4.78 is 19.4. The molecule has 0 aliphatic carbocycles. The van der Waals surface area contributed by atoms with Gasteiger partial charge in [-0.3, -0.25) is 0 Å². The number of hydrogen-bond donors (Lipinski definition) is 4. The summed E-state index contributed by atoms with van der Waals surface area (Å²) in [5, 5.41) is 32.3. The standard InChI is InChI=1S/C22H20FN5O4S/c1-11(2)19(21(29)30)26-20(27-31)17-10-16(28-32-17)12-3-6-14(7-4-12)24-22-25-15-8-5-13(23)9-18(15)33-22/h3-11,19,31H,1-2H3,(H,24,25)(H,26,27)(H,29,30)/t19-/m0/s1. The van der Waals surface area contributed by atoms with Crippen molar-refractivity contribution in [2.45, 2.75) is 19.9 Å². The van der Waals surface area contributed by atoms with E-state index < -0.39 is 12.0 Å². The predicted octanol–water partition coefficient (Wildman–Crippen LogP) is 4.67. The normalized spacial score (nSPS) is 12.8. The number of aliphatic carboxylic acids is 1. The smallest absolute Gasteiger partial charge is 0.326 e. The molecule has 0 aliphatic heterocycles. The van der Waals surface area contributed by atoms with Gasteiger partial charge in [0.2, 0.25) is 11.6 Å². The van der Waals surface area contributed by atoms with Gasteiger partial charge in [0.15, 0.2) is 5.13 Å². The molecule has 33 heavy (non-hydrogen) atoms. The Morgan fingerprint density at radius 2 is 1.94 bits per heavy atom. The second-order valence-corrected chi connectivity index (χ2v) is 8.59. The van der Waals surface area contributed by atoms with Crippen molar-refractivity contribution < 1.29 is 24.0 Å². The lowest BCUT2D eigenvalue weighted by Gasteiger charge is -2.18. The van der Waals surface area contributed by atoms with Crippen LogP contribution in [0.15, 0.2) is 58.2 Å². The van der Waals surface area contributed by atoms with Gasteiger partial charge >= 0.3 is 5.97 Å². The van der Waals surface area contributed by atoms with Gasteiger partial charge in [-0.05, 0) is 36.2 Å². The minimum atomic E-state index is -1.08. The number of halogens is 1. The molecule has 2 aromatic heterocycles. The molecule has 9 nitrogen and oxygen atoms in total. The fourth-order valence-electron chi connectivity index (χ4n) is 3.13. The summed E-state index contributed by atoms with van der Waals surface area (Å²) in [6, 6.07) is 12.3. The topological polar surface area (TPSA) is 133 Å². The lowest BCUT2D eigenvalue weighted by molar-refractivity contribution is -0.140. The summed E-state index contributed by atoms with van der Waals surface area (Å²) in [5.41, 5.74) is 2.71. The van der Waals surface area contributed by atoms with Gasteiger partial charge in [0, 0.05) is 17.3 Å². The number of thiazole rings is 1. The van der Waals surface area contributed by atoms with E-state index in [1.165, 1.54) is 23.5 Å². The van der Waals surface area contributed by atoms with Gasteiger partial charge in [-0.15, -0.1) is 0 Å². The van der Waals surface area contributed by atoms with Gasteiger partial charge in [-0.1, -0.05) is 47.6 Å². The van der Waals surface area contributed by atoms with Crippen molar-refractivity contribution in [2.75, 3.05) is 5.32 Å². The van der Waals surface area contributed by atoms with Crippen molar-refractivity contribution >= 4 is 44.2 Å². The first-order valence-electron chi connectivity index (χ1n) is 9.96. The number of fused-ring (bicyclic) bond motifs is 1. The second-order valence-electron chi connectivity index (χ2n) is 7.56. The predicted molar refractivity (Wildman–Crippen MR) is 123 cm³/mol. The van der Waals surface area contributed by atoms with Crippen molar-refractivity contribution in [3.05, 3.63) is 60.1 Å². The maximum Gasteiger partial charge on any atom is 0.326 e. The van der Waals surface area contributed by atoms with Gasteiger partial charge < -0.3 is 25.5 Å². The first-order chi connectivity index (χ1) is 15.8. The lowest BCUT2D eigenvalue weighted by atomic mass is 10.0. The van der Waals surface area contributed by atoms with E-state index in [2.05, 4.69) is 25.9 Å². The number of anilines is 2. The highest BCUT2D eigenvalue weighted by Crippen LogP contribution is 2.29. The van der Waals surface area contributed by atoms with E-state index >= 15 is 0 Å². The average Bonchev–Trinajstić information content (AvgIpc) is 3.41. The maximum atomic E-state index is 13.4. The zero-order valence-corrected chi connectivity index (χ0v) is 18.4. The molecule has 4 N–H and O–H groups in total. The van der Waals surface area contributed by atoms with E-state index in [0.29, 0.717) is 16.3 Å². The zero-order valence-electron chi connectivity index (χ0n) is 17.6. The molecule has 4 rings (SSSR count). The minimum Gasteiger partial charge on any atom is -0.480 e. The number of nitrogens with one attached hydrogen (secondary N) is 2. The number of rotatable bonds is 7. The van der Waals surface area contributed by atoms with E-state index in [1.807, 2.05) is 24.3 Å². The highest BCUT2D eigenvalue weighted by atomic mass is 32.1. The average molecular weight is 469 g/mol. The van der Waals surface area contributed by atoms with E-state index in [0.717, 1.165) is 16.0 Å². The number of aromatic nitrogens is 2. The van der Waals surface area contributed by atoms with Crippen LogP contribution in [-0.4, -0.2) is 38.3 Å². The van der Waals surface area contributed by atoms with Gasteiger partial charge in [0.1, 0.15) is 17.6 Å². The monoisotopic (exact) mass is 469 g/mol. The van der Waals surface area contributed by atoms with Crippen LogP contribution in [0, 0.1) is 11.7 Å². The Labute approximate surface area is 191 Å². The first-order valence-corrected chi connectivity index (χ1v) is 10.8. The highest BCUT2D eigenvalue weighted by molar-refractivity contribution is 7.22. The summed E-state index contributed by atoms with van der Waals surface area (Å²) in [6.45, 7) is 3.46. The molecular weight excluding hydrogens is 449 g/mol. The molecule has 0 spiro atoms. The van der Waals surface area contributed by atoms with Crippen LogP contribution in [0.2, 0.25) is 0 Å². The number of oxime groups is 1. The Balaban J connectivity index is 1.48. The number of carbonyl (C=O) groups is 1. The largest absolute Gasteiger partial charge is 0.480 e. The molecular formula is C22H20FN5O4S. The third kappa shape index (κ3) is 4.93. The van der Waals surface area contributed by atoms with Crippen LogP contribution in [0.5, 0.6) is 0 Å². The lowest BCUT2D eigenvalue weighted by Crippen LogP contribution is -2.44. The van der Waals surface area contributed by atoms with Gasteiger partial charge in [0.25, 0.3) is 0 Å². The number of carboxylic acids is 1. The molecule has 0 bridgehead atoms. The fraction of sp³-hybridized carbons (Fsp3) is 0.182. The van der Waals surface area contributed by atoms with Gasteiger partial charge in [0.05, 0.1) is 10.2 Å². The molecule has 0 unspecified atom stereocenters. The molecule has 0 radical (unpaired) electrons. The number of amidine groups is 1. The Morgan fingerprint density at radius 1 is 1.18 bits per heavy atom. The minimum absolute atomic E-state index is 0.100. The van der Waals surface area contributed by atoms with Crippen molar-refractivity contribution in [1.29, 1.82) is 0 Å². The van der Waals surface area contributed by atoms with Crippen molar-refractivity contribution in [2.24, 2.45) is 11.1 Å². The van der Waals surface area contributed by atoms with Crippen LogP contribution in [0.25, 0.3) is 21.5 Å². The molecule has 11 heteroatoms. The Morgan fingerprint density at radius 3 is 2.61 bits per heavy atom. The van der Waals surface area contributed by atoms with Crippen molar-refractivity contribution in [1.82, 2.24) is 15.5 Å². The SMILES string of the molecule is CC(C)[C@H](N/C(=N\O)c1cc(-c2ccc(Nc3nc4ccc(F)cc4s3)cc2)no1)C(=O)O. The first kappa shape index (κ1) is 22.2. The van der Waals surface area contributed by atoms with Crippen LogP contribution in [-0.2, 0) is 4.79 Å². The Hall–Kier alpha value is -3.99. The van der Waals surface area contributed by atoms with Crippen LogP contribution in [0.3, 0.4) is 0 Å². The number of carboxylic acid groups (broad SMARTS) is 1. The second kappa shape index (κ2) is 9.25. The Bertz CT molecular complexity index is 1320. The molecule has 0 fully saturated rings.